The summed E-state index contributed by atoms with van der Waals surface area (Å²) in [5.74, 6) is -0.445. The van der Waals surface area contributed by atoms with E-state index < -0.39 is 48.2 Å². The molecule has 0 spiro atoms. The van der Waals surface area contributed by atoms with Crippen LogP contribution in [0, 0.1) is 13.8 Å². The molecule has 0 saturated heterocycles. The third kappa shape index (κ3) is 7.96. The van der Waals surface area contributed by atoms with Crippen LogP contribution >= 0.6 is 0 Å². The van der Waals surface area contributed by atoms with Crippen molar-refractivity contribution < 1.29 is 25.3 Å². The number of benzene rings is 3. The number of rotatable bonds is 13. The van der Waals surface area contributed by atoms with Gasteiger partial charge in [0.05, 0.1) is 27.9 Å². The van der Waals surface area contributed by atoms with Gasteiger partial charge in [0.25, 0.3) is 0 Å². The summed E-state index contributed by atoms with van der Waals surface area (Å²) in [5.41, 5.74) is 1.92. The van der Waals surface area contributed by atoms with Crippen LogP contribution < -0.4 is 9.44 Å². The van der Waals surface area contributed by atoms with Gasteiger partial charge in [-0.2, -0.15) is 13.7 Å². The van der Waals surface area contributed by atoms with Crippen molar-refractivity contribution in [2.45, 2.75) is 68.4 Å². The highest BCUT2D eigenvalue weighted by molar-refractivity contribution is 7.90. The maximum atomic E-state index is 13.9. The average Bonchev–Trinajstić information content (AvgIpc) is 2.87. The Labute approximate surface area is 232 Å². The molecule has 0 heterocycles. The molecule has 0 aliphatic rings. The molecule has 3 aromatic carbocycles. The normalized spacial score (nSPS) is 14.3. The maximum Gasteiger partial charge on any atom is 0.241 e. The summed E-state index contributed by atoms with van der Waals surface area (Å²) < 4.78 is 87.1. The zero-order valence-electron chi connectivity index (χ0n) is 22.4. The number of hydrogen-bond acceptors (Lipinski definition) is 6. The summed E-state index contributed by atoms with van der Waals surface area (Å²) in [6.45, 7) is 6.77. The second kappa shape index (κ2) is 12.7. The third-order valence-corrected chi connectivity index (χ3v) is 10.8. The first kappa shape index (κ1) is 30.9. The molecule has 0 fully saturated rings. The lowest BCUT2D eigenvalue weighted by atomic mass is 10.2. The molecule has 9 nitrogen and oxygen atoms in total. The minimum atomic E-state index is -4.24. The molecule has 2 N–H and O–H groups in total. The van der Waals surface area contributed by atoms with Crippen molar-refractivity contribution in [2.24, 2.45) is 0 Å². The second-order valence-electron chi connectivity index (χ2n) is 9.30. The van der Waals surface area contributed by atoms with Gasteiger partial charge in [0.1, 0.15) is 0 Å². The van der Waals surface area contributed by atoms with Crippen LogP contribution in [0.2, 0.25) is 0 Å². The van der Waals surface area contributed by atoms with E-state index in [9.17, 15) is 25.3 Å². The largest absolute Gasteiger partial charge is 0.241 e. The monoisotopic (exact) mass is 593 g/mol. The fraction of sp³-hybridized carbons (Fsp3) is 0.333. The molecule has 0 radical (unpaired) electrons. The van der Waals surface area contributed by atoms with Gasteiger partial charge >= 0.3 is 0 Å². The highest BCUT2D eigenvalue weighted by Crippen LogP contribution is 2.23. The van der Waals surface area contributed by atoms with Gasteiger partial charge < -0.3 is 0 Å². The van der Waals surface area contributed by atoms with Crippen LogP contribution in [0.4, 0.5) is 0 Å². The second-order valence-corrected chi connectivity index (χ2v) is 14.6. The first-order chi connectivity index (χ1) is 18.3. The molecule has 3 aromatic rings. The summed E-state index contributed by atoms with van der Waals surface area (Å²) in [5, 5.41) is 0. The van der Waals surface area contributed by atoms with Crippen LogP contribution in [-0.4, -0.2) is 41.9 Å². The summed E-state index contributed by atoms with van der Waals surface area (Å²) in [4.78, 5) is -0.0375. The SMILES string of the molecule is CCC(NS(=O)(=O)c1cccc(C)c1)N(C(CC)NS(=O)(=O)c1cccc(C)c1)S(=O)(=O)Cc1ccccc1. The Morgan fingerprint density at radius 2 is 1.08 bits per heavy atom. The lowest BCUT2D eigenvalue weighted by Gasteiger charge is -2.36. The highest BCUT2D eigenvalue weighted by Gasteiger charge is 2.39. The van der Waals surface area contributed by atoms with Crippen molar-refractivity contribution in [1.82, 2.24) is 13.7 Å². The zero-order chi connectivity index (χ0) is 28.8. The van der Waals surface area contributed by atoms with E-state index >= 15 is 0 Å². The van der Waals surface area contributed by atoms with Crippen molar-refractivity contribution in [3.63, 3.8) is 0 Å². The van der Waals surface area contributed by atoms with Gasteiger partial charge in [-0.05, 0) is 67.6 Å². The van der Waals surface area contributed by atoms with Crippen molar-refractivity contribution in [3.05, 3.63) is 95.6 Å². The molecule has 12 heteroatoms. The van der Waals surface area contributed by atoms with E-state index in [0.29, 0.717) is 5.56 Å². The topological polar surface area (TPSA) is 130 Å². The van der Waals surface area contributed by atoms with E-state index in [4.69, 9.17) is 0 Å². The fourth-order valence-corrected chi connectivity index (χ4v) is 8.98. The molecule has 3 rings (SSSR count). The Kier molecular flexibility index (Phi) is 10.1. The Bertz CT molecular complexity index is 1510. The van der Waals surface area contributed by atoms with Gasteiger partial charge in [0.15, 0.2) is 0 Å². The maximum absolute atomic E-state index is 13.9. The summed E-state index contributed by atoms with van der Waals surface area (Å²) in [6, 6.07) is 20.9. The lowest BCUT2D eigenvalue weighted by Crippen LogP contribution is -2.59. The van der Waals surface area contributed by atoms with E-state index in [1.54, 1.807) is 82.3 Å². The Morgan fingerprint density at radius 3 is 1.46 bits per heavy atom. The van der Waals surface area contributed by atoms with Gasteiger partial charge in [-0.15, -0.1) is 0 Å². The Hall–Kier alpha value is -2.61. The highest BCUT2D eigenvalue weighted by atomic mass is 32.2. The van der Waals surface area contributed by atoms with E-state index in [-0.39, 0.29) is 22.6 Å². The van der Waals surface area contributed by atoms with E-state index in [0.717, 1.165) is 15.4 Å². The molecule has 0 bridgehead atoms. The Balaban J connectivity index is 2.07. The number of hydrogen-bond donors (Lipinski definition) is 2. The number of nitrogens with zero attached hydrogens (tertiary/aromatic N) is 1. The van der Waals surface area contributed by atoms with Gasteiger partial charge in [0.2, 0.25) is 30.1 Å². The fourth-order valence-electron chi connectivity index (χ4n) is 4.15. The predicted octanol–water partition coefficient (Wildman–Crippen LogP) is 3.86. The standard InChI is InChI=1S/C27H35N3O6S3/c1-5-26(28-38(33,34)24-16-10-12-21(3)18-24)30(37(31,32)20-23-14-8-7-9-15-23)27(6-2)29-39(35,36)25-17-11-13-22(4)19-25/h7-19,26-29H,5-6,20H2,1-4H3. The molecular formula is C27H35N3O6S3. The quantitative estimate of drug-likeness (QED) is 0.290. The molecule has 212 valence electrons. The van der Waals surface area contributed by atoms with Gasteiger partial charge in [-0.3, -0.25) is 0 Å². The van der Waals surface area contributed by atoms with E-state index in [1.165, 1.54) is 24.3 Å². The minimum Gasteiger partial charge on any atom is -0.212 e. The summed E-state index contributed by atoms with van der Waals surface area (Å²) in [7, 11) is -12.5. The van der Waals surface area contributed by atoms with Crippen molar-refractivity contribution in [2.75, 3.05) is 0 Å². The first-order valence-electron chi connectivity index (χ1n) is 12.5. The van der Waals surface area contributed by atoms with Crippen LogP contribution in [-0.2, 0) is 35.8 Å². The van der Waals surface area contributed by atoms with Crippen LogP contribution in [0.5, 0.6) is 0 Å². The molecule has 0 amide bonds. The molecular weight excluding hydrogens is 559 g/mol. The lowest BCUT2D eigenvalue weighted by molar-refractivity contribution is 0.215. The van der Waals surface area contributed by atoms with Gasteiger partial charge in [0, 0.05) is 0 Å². The van der Waals surface area contributed by atoms with E-state index in [1.807, 2.05) is 0 Å². The van der Waals surface area contributed by atoms with Gasteiger partial charge in [-0.25, -0.2) is 25.3 Å². The summed E-state index contributed by atoms with van der Waals surface area (Å²) in [6.07, 6.45) is -2.45. The first-order valence-corrected chi connectivity index (χ1v) is 17.1. The molecule has 0 saturated carbocycles. The number of nitrogens with one attached hydrogen (secondary N) is 2. The van der Waals surface area contributed by atoms with Gasteiger partial charge in [-0.1, -0.05) is 68.4 Å². The summed E-state index contributed by atoms with van der Waals surface area (Å²) >= 11 is 0. The van der Waals surface area contributed by atoms with Crippen molar-refractivity contribution in [1.29, 1.82) is 0 Å². The van der Waals surface area contributed by atoms with E-state index in [2.05, 4.69) is 9.44 Å². The molecule has 0 aliphatic carbocycles. The number of aryl methyl sites for hydroxylation is 2. The zero-order valence-corrected chi connectivity index (χ0v) is 24.9. The number of sulfonamides is 3. The molecule has 0 aromatic heterocycles. The average molecular weight is 594 g/mol. The van der Waals surface area contributed by atoms with Crippen LogP contribution in [0.1, 0.15) is 43.4 Å². The molecule has 2 atom stereocenters. The van der Waals surface area contributed by atoms with Crippen LogP contribution in [0.25, 0.3) is 0 Å². The van der Waals surface area contributed by atoms with Crippen molar-refractivity contribution >= 4 is 30.1 Å². The minimum absolute atomic E-state index is 0.0188. The third-order valence-electron chi connectivity index (χ3n) is 6.08. The Morgan fingerprint density at radius 1 is 0.641 bits per heavy atom. The molecule has 2 unspecified atom stereocenters. The smallest absolute Gasteiger partial charge is 0.212 e. The molecule has 0 aliphatic heterocycles. The van der Waals surface area contributed by atoms with Crippen molar-refractivity contribution in [3.8, 4) is 0 Å². The predicted molar refractivity (Wildman–Crippen MR) is 152 cm³/mol. The van der Waals surface area contributed by atoms with Crippen LogP contribution in [0.15, 0.2) is 88.7 Å². The molecule has 39 heavy (non-hydrogen) atoms. The van der Waals surface area contributed by atoms with Crippen LogP contribution in [0.3, 0.4) is 0 Å².